The summed E-state index contributed by atoms with van der Waals surface area (Å²) in [5, 5.41) is 3.10. The monoisotopic (exact) mass is 379 g/mol. The molecule has 0 spiro atoms. The Hall–Kier alpha value is -1.14. The van der Waals surface area contributed by atoms with E-state index in [1.165, 1.54) is 32.2 Å². The van der Waals surface area contributed by atoms with Gasteiger partial charge < -0.3 is 19.9 Å². The molecule has 1 N–H and O–H groups in total. The number of amides is 2. The minimum Gasteiger partial charge on any atom is -0.381 e. The Bertz CT molecular complexity index is 471. The number of hydrogen-bond donors (Lipinski definition) is 1. The lowest BCUT2D eigenvalue weighted by Gasteiger charge is -2.35. The fourth-order valence-electron chi connectivity index (χ4n) is 4.55. The Balaban J connectivity index is 1.27. The van der Waals surface area contributed by atoms with Crippen LogP contribution in [-0.4, -0.2) is 74.1 Å². The number of nitrogens with one attached hydrogen (secondary N) is 1. The molecule has 3 heterocycles. The molecule has 3 saturated heterocycles. The average Bonchev–Trinajstić information content (AvgIpc) is 2.90. The quantitative estimate of drug-likeness (QED) is 0.735. The summed E-state index contributed by atoms with van der Waals surface area (Å²) in [5.74, 6) is 1.61. The van der Waals surface area contributed by atoms with E-state index < -0.39 is 0 Å². The lowest BCUT2D eigenvalue weighted by atomic mass is 9.94. The van der Waals surface area contributed by atoms with Crippen molar-refractivity contribution in [2.24, 2.45) is 11.8 Å². The highest BCUT2D eigenvalue weighted by molar-refractivity contribution is 5.79. The molecular weight excluding hydrogens is 342 g/mol. The number of ether oxygens (including phenoxy) is 1. The van der Waals surface area contributed by atoms with E-state index in [-0.39, 0.29) is 11.8 Å². The zero-order chi connectivity index (χ0) is 18.9. The van der Waals surface area contributed by atoms with E-state index >= 15 is 0 Å². The molecule has 2 amide bonds. The molecule has 0 aromatic rings. The number of likely N-dealkylation sites (tertiary alicyclic amines) is 2. The summed E-state index contributed by atoms with van der Waals surface area (Å²) in [7, 11) is 0. The molecule has 0 bridgehead atoms. The van der Waals surface area contributed by atoms with Crippen LogP contribution in [-0.2, 0) is 14.3 Å². The predicted octanol–water partition coefficient (Wildman–Crippen LogP) is 2.03. The molecule has 0 aromatic carbocycles. The van der Waals surface area contributed by atoms with Crippen molar-refractivity contribution >= 4 is 11.8 Å². The van der Waals surface area contributed by atoms with Crippen LogP contribution in [0.2, 0.25) is 0 Å². The topological polar surface area (TPSA) is 61.9 Å². The molecule has 27 heavy (non-hydrogen) atoms. The van der Waals surface area contributed by atoms with Crippen molar-refractivity contribution in [3.63, 3.8) is 0 Å². The largest absolute Gasteiger partial charge is 0.381 e. The second kappa shape index (κ2) is 11.0. The lowest BCUT2D eigenvalue weighted by Crippen LogP contribution is -2.42. The molecule has 0 radical (unpaired) electrons. The lowest BCUT2D eigenvalue weighted by molar-refractivity contribution is -0.131. The number of carbonyl (C=O) groups excluding carboxylic acids is 2. The highest BCUT2D eigenvalue weighted by Crippen LogP contribution is 2.20. The van der Waals surface area contributed by atoms with E-state index in [4.69, 9.17) is 4.74 Å². The van der Waals surface area contributed by atoms with E-state index in [0.29, 0.717) is 31.2 Å². The summed E-state index contributed by atoms with van der Waals surface area (Å²) in [6, 6.07) is 0. The Kier molecular flexibility index (Phi) is 8.39. The van der Waals surface area contributed by atoms with Gasteiger partial charge in [-0.3, -0.25) is 9.59 Å². The maximum absolute atomic E-state index is 12.2. The molecule has 6 nitrogen and oxygen atoms in total. The maximum Gasteiger partial charge on any atom is 0.222 e. The first-order valence-corrected chi connectivity index (χ1v) is 11.1. The fourth-order valence-corrected chi connectivity index (χ4v) is 4.55. The van der Waals surface area contributed by atoms with E-state index in [1.54, 1.807) is 0 Å². The third-order valence-corrected chi connectivity index (χ3v) is 6.35. The number of carbonyl (C=O) groups is 2. The molecule has 0 aliphatic carbocycles. The third kappa shape index (κ3) is 7.07. The molecule has 6 heteroatoms. The second-order valence-electron chi connectivity index (χ2n) is 8.57. The first kappa shape index (κ1) is 20.6. The number of rotatable bonds is 7. The molecule has 3 aliphatic heterocycles. The Morgan fingerprint density at radius 3 is 2.67 bits per heavy atom. The van der Waals surface area contributed by atoms with Gasteiger partial charge in [-0.1, -0.05) is 6.42 Å². The van der Waals surface area contributed by atoms with Gasteiger partial charge in [-0.15, -0.1) is 0 Å². The smallest absolute Gasteiger partial charge is 0.222 e. The summed E-state index contributed by atoms with van der Waals surface area (Å²) >= 11 is 0. The van der Waals surface area contributed by atoms with Gasteiger partial charge >= 0.3 is 0 Å². The molecule has 0 aromatic heterocycles. The van der Waals surface area contributed by atoms with Crippen LogP contribution in [0, 0.1) is 11.8 Å². The van der Waals surface area contributed by atoms with Crippen molar-refractivity contribution < 1.29 is 14.3 Å². The standard InChI is InChI=1S/C21H37N3O3/c25-20(9-13-24-10-3-1-2-6-21(24)26)22-15-18-7-11-23(12-8-18)16-19-5-4-14-27-17-19/h18-19H,1-17H2,(H,22,25). The van der Waals surface area contributed by atoms with Crippen LogP contribution < -0.4 is 5.32 Å². The zero-order valence-corrected chi connectivity index (χ0v) is 16.8. The summed E-state index contributed by atoms with van der Waals surface area (Å²) in [4.78, 5) is 28.6. The molecule has 3 aliphatic rings. The van der Waals surface area contributed by atoms with Gasteiger partial charge in [0.15, 0.2) is 0 Å². The van der Waals surface area contributed by atoms with Gasteiger partial charge in [0.25, 0.3) is 0 Å². The first-order valence-electron chi connectivity index (χ1n) is 11.1. The summed E-state index contributed by atoms with van der Waals surface area (Å²) < 4.78 is 5.59. The van der Waals surface area contributed by atoms with Crippen molar-refractivity contribution in [2.75, 3.05) is 52.5 Å². The van der Waals surface area contributed by atoms with E-state index in [0.717, 1.165) is 58.7 Å². The maximum atomic E-state index is 12.2. The second-order valence-corrected chi connectivity index (χ2v) is 8.57. The van der Waals surface area contributed by atoms with Gasteiger partial charge in [-0.2, -0.15) is 0 Å². The number of nitrogens with zero attached hydrogens (tertiary/aromatic N) is 2. The van der Waals surface area contributed by atoms with Gasteiger partial charge in [0.05, 0.1) is 6.61 Å². The summed E-state index contributed by atoms with van der Waals surface area (Å²) in [6.45, 7) is 7.48. The van der Waals surface area contributed by atoms with E-state index in [2.05, 4.69) is 10.2 Å². The highest BCUT2D eigenvalue weighted by Gasteiger charge is 2.23. The third-order valence-electron chi connectivity index (χ3n) is 6.35. The van der Waals surface area contributed by atoms with Crippen LogP contribution in [0.1, 0.15) is 57.8 Å². The SMILES string of the molecule is O=C(CCN1CCCCCC1=O)NCC1CCN(CC2CCCOC2)CC1. The molecule has 154 valence electrons. The van der Waals surface area contributed by atoms with Crippen LogP contribution in [0.5, 0.6) is 0 Å². The normalized spacial score (nSPS) is 26.0. The van der Waals surface area contributed by atoms with Gasteiger partial charge in [0.2, 0.25) is 11.8 Å². The Morgan fingerprint density at radius 2 is 1.89 bits per heavy atom. The molecule has 3 rings (SSSR count). The zero-order valence-electron chi connectivity index (χ0n) is 16.8. The van der Waals surface area contributed by atoms with Crippen molar-refractivity contribution in [2.45, 2.75) is 57.8 Å². The first-order chi connectivity index (χ1) is 13.2. The van der Waals surface area contributed by atoms with Gasteiger partial charge in [0.1, 0.15) is 0 Å². The predicted molar refractivity (Wildman–Crippen MR) is 105 cm³/mol. The summed E-state index contributed by atoms with van der Waals surface area (Å²) in [6.07, 6.45) is 9.11. The molecular formula is C21H37N3O3. The minimum atomic E-state index is 0.0915. The van der Waals surface area contributed by atoms with Crippen LogP contribution in [0.15, 0.2) is 0 Å². The van der Waals surface area contributed by atoms with Gasteiger partial charge in [0, 0.05) is 45.6 Å². The van der Waals surface area contributed by atoms with E-state index in [9.17, 15) is 9.59 Å². The molecule has 1 atom stereocenters. The number of hydrogen-bond acceptors (Lipinski definition) is 4. The summed E-state index contributed by atoms with van der Waals surface area (Å²) in [5.41, 5.74) is 0. The van der Waals surface area contributed by atoms with Crippen molar-refractivity contribution in [1.29, 1.82) is 0 Å². The molecule has 1 unspecified atom stereocenters. The molecule has 0 saturated carbocycles. The van der Waals surface area contributed by atoms with Crippen LogP contribution in [0.4, 0.5) is 0 Å². The molecule has 3 fully saturated rings. The highest BCUT2D eigenvalue weighted by atomic mass is 16.5. The fraction of sp³-hybridized carbons (Fsp3) is 0.905. The Morgan fingerprint density at radius 1 is 1.04 bits per heavy atom. The van der Waals surface area contributed by atoms with Gasteiger partial charge in [-0.05, 0) is 63.5 Å². The number of piperidine rings is 1. The average molecular weight is 380 g/mol. The van der Waals surface area contributed by atoms with Crippen LogP contribution in [0.25, 0.3) is 0 Å². The van der Waals surface area contributed by atoms with Crippen molar-refractivity contribution in [3.8, 4) is 0 Å². The van der Waals surface area contributed by atoms with Gasteiger partial charge in [-0.25, -0.2) is 0 Å². The van der Waals surface area contributed by atoms with E-state index in [1.807, 2.05) is 4.90 Å². The van der Waals surface area contributed by atoms with Crippen molar-refractivity contribution in [1.82, 2.24) is 15.1 Å². The Labute approximate surface area is 164 Å². The van der Waals surface area contributed by atoms with Crippen LogP contribution >= 0.6 is 0 Å². The minimum absolute atomic E-state index is 0.0915. The van der Waals surface area contributed by atoms with Crippen molar-refractivity contribution in [3.05, 3.63) is 0 Å². The van der Waals surface area contributed by atoms with Crippen LogP contribution in [0.3, 0.4) is 0 Å².